The van der Waals surface area contributed by atoms with Crippen LogP contribution >= 0.6 is 0 Å². The summed E-state index contributed by atoms with van der Waals surface area (Å²) in [7, 11) is 3.17. The number of benzene rings is 2. The third-order valence-electron chi connectivity index (χ3n) is 5.67. The molecule has 164 valence electrons. The quantitative estimate of drug-likeness (QED) is 0.711. The van der Waals surface area contributed by atoms with Crippen molar-refractivity contribution in [2.45, 2.75) is 25.0 Å². The van der Waals surface area contributed by atoms with Crippen LogP contribution < -0.4 is 19.9 Å². The van der Waals surface area contributed by atoms with E-state index in [0.29, 0.717) is 36.8 Å². The molecule has 0 radical (unpaired) electrons. The average molecular weight is 426 g/mol. The smallest absolute Gasteiger partial charge is 0.311 e. The Bertz CT molecular complexity index is 926. The van der Waals surface area contributed by atoms with Crippen LogP contribution in [0.4, 0.5) is 5.69 Å². The average Bonchev–Trinajstić information content (AvgIpc) is 3.32. The van der Waals surface area contributed by atoms with Gasteiger partial charge in [-0.15, -0.1) is 0 Å². The summed E-state index contributed by atoms with van der Waals surface area (Å²) < 4.78 is 16.5. The normalized spacial score (nSPS) is 23.5. The van der Waals surface area contributed by atoms with Crippen molar-refractivity contribution in [1.82, 2.24) is 5.48 Å². The lowest BCUT2D eigenvalue weighted by molar-refractivity contribution is -0.155. The molecule has 8 heteroatoms. The summed E-state index contributed by atoms with van der Waals surface area (Å²) in [4.78, 5) is 33.1. The monoisotopic (exact) mass is 426 g/mol. The molecule has 2 saturated heterocycles. The Labute approximate surface area is 181 Å². The largest absolute Gasteiger partial charge is 0.497 e. The van der Waals surface area contributed by atoms with Crippen LogP contribution in [-0.4, -0.2) is 45.4 Å². The van der Waals surface area contributed by atoms with Gasteiger partial charge in [-0.3, -0.25) is 14.4 Å². The summed E-state index contributed by atoms with van der Waals surface area (Å²) in [5.74, 6) is 0.350. The number of amides is 1. The molecule has 2 fully saturated rings. The van der Waals surface area contributed by atoms with Gasteiger partial charge in [-0.05, 0) is 36.8 Å². The third-order valence-corrected chi connectivity index (χ3v) is 5.67. The second kappa shape index (κ2) is 9.36. The summed E-state index contributed by atoms with van der Waals surface area (Å²) >= 11 is 0. The molecule has 4 rings (SSSR count). The number of esters is 1. The second-order valence-electron chi connectivity index (χ2n) is 7.51. The van der Waals surface area contributed by atoms with Gasteiger partial charge in [-0.1, -0.05) is 18.2 Å². The number of nitrogens with zero attached hydrogens (tertiary/aromatic N) is 1. The molecule has 2 aromatic rings. The van der Waals surface area contributed by atoms with Gasteiger partial charge in [0.1, 0.15) is 24.2 Å². The van der Waals surface area contributed by atoms with Gasteiger partial charge in [0.15, 0.2) is 0 Å². The van der Waals surface area contributed by atoms with Gasteiger partial charge >= 0.3 is 5.97 Å². The molecule has 0 saturated carbocycles. The van der Waals surface area contributed by atoms with E-state index in [1.165, 1.54) is 0 Å². The lowest BCUT2D eigenvalue weighted by Crippen LogP contribution is -2.46. The third kappa shape index (κ3) is 4.35. The predicted octanol–water partition coefficient (Wildman–Crippen LogP) is 2.63. The van der Waals surface area contributed by atoms with E-state index in [-0.39, 0.29) is 24.4 Å². The molecular formula is C23H26N2O6. The van der Waals surface area contributed by atoms with Crippen molar-refractivity contribution in [2.75, 3.05) is 32.3 Å². The lowest BCUT2D eigenvalue weighted by Gasteiger charge is -2.41. The number of ether oxygens (including phenoxy) is 3. The number of para-hydroxylation sites is 1. The summed E-state index contributed by atoms with van der Waals surface area (Å²) in [6.07, 6.45) is 0.295. The highest BCUT2D eigenvalue weighted by atomic mass is 16.7. The first-order valence-electron chi connectivity index (χ1n) is 10.3. The van der Waals surface area contributed by atoms with Crippen LogP contribution in [0.5, 0.6) is 11.5 Å². The maximum absolute atomic E-state index is 13.2. The van der Waals surface area contributed by atoms with Crippen LogP contribution in [-0.2, 0) is 19.2 Å². The molecule has 2 aliphatic rings. The molecule has 0 spiro atoms. The van der Waals surface area contributed by atoms with Crippen molar-refractivity contribution in [3.63, 3.8) is 0 Å². The maximum atomic E-state index is 13.2. The number of rotatable bonds is 6. The Balaban J connectivity index is 1.74. The highest BCUT2D eigenvalue weighted by Crippen LogP contribution is 2.43. The van der Waals surface area contributed by atoms with Crippen LogP contribution in [0, 0.1) is 5.92 Å². The van der Waals surface area contributed by atoms with Crippen LogP contribution in [0.2, 0.25) is 0 Å². The van der Waals surface area contributed by atoms with Crippen LogP contribution in [0.25, 0.3) is 0 Å². The number of carbonyl (C=O) groups is 2. The fourth-order valence-corrected chi connectivity index (χ4v) is 4.14. The topological polar surface area (TPSA) is 86.3 Å². The Hall–Kier alpha value is -3.10. The van der Waals surface area contributed by atoms with E-state index in [1.807, 2.05) is 36.4 Å². The molecule has 31 heavy (non-hydrogen) atoms. The van der Waals surface area contributed by atoms with E-state index in [4.69, 9.17) is 19.0 Å². The SMILES string of the molecule is COc1ccc(N2C(=O)CC[C@H](C(=O)O[C@H]3CNOC3)[C@H]2c2ccccc2OC)cc1. The van der Waals surface area contributed by atoms with Crippen molar-refractivity contribution >= 4 is 17.6 Å². The molecule has 2 heterocycles. The van der Waals surface area contributed by atoms with Gasteiger partial charge in [-0.2, -0.15) is 5.48 Å². The highest BCUT2D eigenvalue weighted by Gasteiger charge is 2.44. The first kappa shape index (κ1) is 21.1. The number of hydroxylamine groups is 1. The summed E-state index contributed by atoms with van der Waals surface area (Å²) in [6.45, 7) is 0.748. The van der Waals surface area contributed by atoms with Gasteiger partial charge in [0.25, 0.3) is 0 Å². The molecule has 2 aliphatic heterocycles. The molecule has 0 aromatic heterocycles. The molecule has 0 unspecified atom stereocenters. The summed E-state index contributed by atoms with van der Waals surface area (Å²) in [6, 6.07) is 14.1. The number of methoxy groups -OCH3 is 2. The van der Waals surface area contributed by atoms with E-state index in [2.05, 4.69) is 5.48 Å². The number of hydrogen-bond donors (Lipinski definition) is 1. The van der Waals surface area contributed by atoms with Gasteiger partial charge in [-0.25, -0.2) is 0 Å². The van der Waals surface area contributed by atoms with Crippen molar-refractivity contribution in [3.8, 4) is 11.5 Å². The Morgan fingerprint density at radius 2 is 1.87 bits per heavy atom. The molecule has 0 bridgehead atoms. The zero-order valence-corrected chi connectivity index (χ0v) is 17.6. The number of carbonyl (C=O) groups excluding carboxylic acids is 2. The molecule has 1 amide bonds. The van der Waals surface area contributed by atoms with E-state index in [1.54, 1.807) is 31.3 Å². The van der Waals surface area contributed by atoms with Crippen molar-refractivity contribution in [1.29, 1.82) is 0 Å². The fraction of sp³-hybridized carbons (Fsp3) is 0.391. The van der Waals surface area contributed by atoms with Crippen molar-refractivity contribution in [2.24, 2.45) is 5.92 Å². The number of anilines is 1. The lowest BCUT2D eigenvalue weighted by atomic mass is 9.83. The number of piperidine rings is 1. The summed E-state index contributed by atoms with van der Waals surface area (Å²) in [5.41, 5.74) is 4.17. The molecule has 3 atom stereocenters. The Morgan fingerprint density at radius 1 is 1.10 bits per heavy atom. The van der Waals surface area contributed by atoms with E-state index in [0.717, 1.165) is 5.56 Å². The highest BCUT2D eigenvalue weighted by molar-refractivity contribution is 5.97. The Kier molecular flexibility index (Phi) is 6.39. The number of nitrogens with one attached hydrogen (secondary N) is 1. The first-order chi connectivity index (χ1) is 15.1. The van der Waals surface area contributed by atoms with E-state index in [9.17, 15) is 9.59 Å². The molecule has 0 aliphatic carbocycles. The summed E-state index contributed by atoms with van der Waals surface area (Å²) in [5, 5.41) is 0. The van der Waals surface area contributed by atoms with Crippen molar-refractivity contribution < 1.29 is 28.6 Å². The van der Waals surface area contributed by atoms with Gasteiger partial charge in [0, 0.05) is 17.7 Å². The molecule has 2 aromatic carbocycles. The van der Waals surface area contributed by atoms with Crippen LogP contribution in [0.3, 0.4) is 0 Å². The number of hydrogen-bond acceptors (Lipinski definition) is 7. The second-order valence-corrected chi connectivity index (χ2v) is 7.51. The van der Waals surface area contributed by atoms with Gasteiger partial charge < -0.3 is 19.1 Å². The zero-order chi connectivity index (χ0) is 21.8. The van der Waals surface area contributed by atoms with Gasteiger partial charge in [0.05, 0.1) is 32.7 Å². The van der Waals surface area contributed by atoms with Gasteiger partial charge in [0.2, 0.25) is 5.91 Å². The van der Waals surface area contributed by atoms with Crippen LogP contribution in [0.1, 0.15) is 24.4 Å². The Morgan fingerprint density at radius 3 is 2.55 bits per heavy atom. The van der Waals surface area contributed by atoms with Crippen molar-refractivity contribution in [3.05, 3.63) is 54.1 Å². The fourth-order valence-electron chi connectivity index (χ4n) is 4.14. The molecule has 1 N–H and O–H groups in total. The zero-order valence-electron chi connectivity index (χ0n) is 17.6. The van der Waals surface area contributed by atoms with E-state index < -0.39 is 12.0 Å². The predicted molar refractivity (Wildman–Crippen MR) is 113 cm³/mol. The minimum absolute atomic E-state index is 0.0593. The molecule has 8 nitrogen and oxygen atoms in total. The van der Waals surface area contributed by atoms with E-state index >= 15 is 0 Å². The molecular weight excluding hydrogens is 400 g/mol. The minimum Gasteiger partial charge on any atom is -0.497 e. The standard InChI is InChI=1S/C23H26N2O6/c1-28-16-9-7-15(8-10-16)25-21(26)12-11-19(23(27)31-17-13-24-30-14-17)22(25)18-5-3-4-6-20(18)29-2/h3-10,17,19,22,24H,11-14H2,1-2H3/t17-,19-,22+/m0/s1. The van der Waals surface area contributed by atoms with Crippen LogP contribution in [0.15, 0.2) is 48.5 Å². The minimum atomic E-state index is -0.562. The maximum Gasteiger partial charge on any atom is 0.311 e. The first-order valence-corrected chi connectivity index (χ1v) is 10.3.